The molecule has 0 spiro atoms. The normalized spacial score (nSPS) is 27.6. The molecule has 4 heterocycles. The van der Waals surface area contributed by atoms with Crippen LogP contribution in [0.3, 0.4) is 0 Å². The van der Waals surface area contributed by atoms with Crippen molar-refractivity contribution in [2.24, 2.45) is 0 Å². The SMILES string of the molecule is CC(=O)N[C@@H]1[C@H](O[C@H]2[C@H](OCc3ccccc3)[C@@H](OCc3ccccc3)[C@@H](O[C@H]3[C@@H](OCCCNC(=O)C(F)(F)F)O[C@@H](C)[C@H](OCc4ccccc4)[C@H]3OCc3ccccc3)O[C@@H]2COCc2ccccc2)O[C@@H]2CO[C@@H](c3ccccc3)O[C@H]2[C@@H]1OCc1ccccc1. The predicted octanol–water partition coefficient (Wildman–Crippen LogP) is 10.8. The highest BCUT2D eigenvalue weighted by Crippen LogP contribution is 2.41. The summed E-state index contributed by atoms with van der Waals surface area (Å²) in [6.07, 6.45) is -21.0. The summed E-state index contributed by atoms with van der Waals surface area (Å²) in [5.41, 5.74) is 5.83. The van der Waals surface area contributed by atoms with Crippen LogP contribution in [0.1, 0.15) is 65.5 Å². The van der Waals surface area contributed by atoms with Crippen LogP contribution >= 0.6 is 0 Å². The summed E-state index contributed by atoms with van der Waals surface area (Å²) < 4.78 is 138. The second kappa shape index (κ2) is 34.6. The average molecular weight is 1310 g/mol. The maximum absolute atomic E-state index is 13.7. The largest absolute Gasteiger partial charge is 0.471 e. The van der Waals surface area contributed by atoms with Gasteiger partial charge in [-0.3, -0.25) is 9.59 Å². The number of rotatable bonds is 30. The van der Waals surface area contributed by atoms with E-state index in [-0.39, 0.29) is 72.4 Å². The molecule has 0 aliphatic carbocycles. The Morgan fingerprint density at radius 2 is 0.916 bits per heavy atom. The number of alkyl halides is 3. The Bertz CT molecular complexity index is 3380. The van der Waals surface area contributed by atoms with Crippen molar-refractivity contribution in [1.82, 2.24) is 10.6 Å². The highest BCUT2D eigenvalue weighted by molar-refractivity contribution is 5.81. The zero-order valence-electron chi connectivity index (χ0n) is 52.9. The molecule has 11 rings (SSSR count). The van der Waals surface area contributed by atoms with Gasteiger partial charge < -0.3 is 76.9 Å². The zero-order valence-corrected chi connectivity index (χ0v) is 52.9. The van der Waals surface area contributed by atoms with Gasteiger partial charge in [0.05, 0.1) is 65.6 Å². The number of carbonyl (C=O) groups is 2. The van der Waals surface area contributed by atoms with Gasteiger partial charge in [-0.15, -0.1) is 0 Å². The molecule has 2 N–H and O–H groups in total. The van der Waals surface area contributed by atoms with E-state index in [4.69, 9.17) is 66.3 Å². The Morgan fingerprint density at radius 1 is 0.474 bits per heavy atom. The number of fused-ring (bicyclic) bond motifs is 1. The first kappa shape index (κ1) is 69.1. The van der Waals surface area contributed by atoms with Crippen molar-refractivity contribution in [3.05, 3.63) is 251 Å². The highest BCUT2D eigenvalue weighted by Gasteiger charge is 2.58. The number of amides is 2. The van der Waals surface area contributed by atoms with Crippen LogP contribution in [0.5, 0.6) is 0 Å². The molecule has 18 nitrogen and oxygen atoms in total. The summed E-state index contributed by atoms with van der Waals surface area (Å²) in [5, 5.41) is 5.06. The van der Waals surface area contributed by atoms with Crippen molar-refractivity contribution >= 4 is 11.8 Å². The van der Waals surface area contributed by atoms with Crippen molar-refractivity contribution in [1.29, 1.82) is 0 Å². The smallest absolute Gasteiger partial charge is 0.374 e. The topological polar surface area (TPSA) is 187 Å². The van der Waals surface area contributed by atoms with E-state index in [2.05, 4.69) is 5.32 Å². The Hall–Kier alpha value is -7.29. The maximum atomic E-state index is 13.7. The summed E-state index contributed by atoms with van der Waals surface area (Å²) >= 11 is 0. The summed E-state index contributed by atoms with van der Waals surface area (Å²) in [6.45, 7) is 3.12. The molecule has 4 saturated heterocycles. The molecule has 504 valence electrons. The van der Waals surface area contributed by atoms with Crippen molar-refractivity contribution in [2.75, 3.05) is 26.4 Å². The van der Waals surface area contributed by atoms with Crippen LogP contribution in [0.2, 0.25) is 0 Å². The molecule has 95 heavy (non-hydrogen) atoms. The third-order valence-electron chi connectivity index (χ3n) is 16.6. The standard InChI is InChI=1S/C74H81F3N2O16/c1-49-61(84-42-52-27-12-4-13-28-52)65(86-44-54-31-16-6-17-32-54)68(71(90-49)83-40-24-39-78-73(81)74(75,76)77)95-72-67(88-46-56-35-20-8-21-36-56)66(87-45-55-33-18-7-19-34-55)63(58(92-72)47-82-41-51-25-10-3-11-26-51)94-70-60(79-50(2)80)64(85-43-53-29-14-5-15-30-53)62-59(91-70)48-89-69(93-62)57-37-22-9-23-38-57/h3-23,25-38,49,58-72H,24,39-48H2,1-2H3,(H,78,81)(H,79,80)/t49-,58+,59+,60-,61-,62+,63+,64+,65+,66-,67+,68+,69+,70-,71-,72+/m0/s1. The number of nitrogens with one attached hydrogen (secondary N) is 2. The maximum Gasteiger partial charge on any atom is 0.471 e. The number of benzene rings is 7. The molecule has 0 saturated carbocycles. The van der Waals surface area contributed by atoms with E-state index in [0.29, 0.717) is 0 Å². The van der Waals surface area contributed by atoms with E-state index in [1.54, 1.807) is 0 Å². The Balaban J connectivity index is 0.999. The van der Waals surface area contributed by atoms with Crippen LogP contribution < -0.4 is 10.6 Å². The van der Waals surface area contributed by atoms with Crippen LogP contribution in [0.15, 0.2) is 212 Å². The van der Waals surface area contributed by atoms with Gasteiger partial charge in [-0.05, 0) is 46.7 Å². The molecule has 0 unspecified atom stereocenters. The van der Waals surface area contributed by atoms with Gasteiger partial charge in [0, 0.05) is 19.0 Å². The minimum Gasteiger partial charge on any atom is -0.374 e. The van der Waals surface area contributed by atoms with E-state index >= 15 is 0 Å². The lowest BCUT2D eigenvalue weighted by atomic mass is 9.93. The lowest BCUT2D eigenvalue weighted by Crippen LogP contribution is -2.70. The summed E-state index contributed by atoms with van der Waals surface area (Å²) in [4.78, 5) is 25.7. The van der Waals surface area contributed by atoms with Crippen LogP contribution in [0, 0.1) is 0 Å². The van der Waals surface area contributed by atoms with Crippen LogP contribution in [-0.2, 0) is 116 Å². The van der Waals surface area contributed by atoms with E-state index in [1.165, 1.54) is 6.92 Å². The molecule has 2 amide bonds. The van der Waals surface area contributed by atoms with Crippen molar-refractivity contribution in [2.45, 2.75) is 164 Å². The number of ether oxygens (including phenoxy) is 14. The average Bonchev–Trinajstić information content (AvgIpc) is 0.814. The minimum atomic E-state index is -5.08. The van der Waals surface area contributed by atoms with Gasteiger partial charge in [-0.25, -0.2) is 0 Å². The molecule has 4 aliphatic rings. The third kappa shape index (κ3) is 19.5. The van der Waals surface area contributed by atoms with E-state index in [0.717, 1.165) is 38.9 Å². The van der Waals surface area contributed by atoms with Gasteiger partial charge in [0.15, 0.2) is 25.2 Å². The second-order valence-corrected chi connectivity index (χ2v) is 23.7. The van der Waals surface area contributed by atoms with Gasteiger partial charge in [0.25, 0.3) is 0 Å². The number of hydrogen-bond donors (Lipinski definition) is 2. The zero-order chi connectivity index (χ0) is 65.8. The molecule has 0 aromatic heterocycles. The van der Waals surface area contributed by atoms with Crippen molar-refractivity contribution in [3.8, 4) is 0 Å². The molecular weight excluding hydrogens is 1230 g/mol. The fourth-order valence-electron chi connectivity index (χ4n) is 12.0. The van der Waals surface area contributed by atoms with Crippen LogP contribution in [0.4, 0.5) is 13.2 Å². The van der Waals surface area contributed by atoms with E-state index in [1.807, 2.05) is 225 Å². The molecule has 4 aliphatic heterocycles. The fraction of sp³-hybridized carbons (Fsp3) is 0.405. The van der Waals surface area contributed by atoms with Crippen LogP contribution in [-0.4, -0.2) is 136 Å². The summed E-state index contributed by atoms with van der Waals surface area (Å²) in [7, 11) is 0. The highest BCUT2D eigenvalue weighted by atomic mass is 19.4. The number of carbonyl (C=O) groups excluding carboxylic acids is 2. The fourth-order valence-corrected chi connectivity index (χ4v) is 12.0. The first-order valence-electron chi connectivity index (χ1n) is 32.1. The lowest BCUT2D eigenvalue weighted by Gasteiger charge is -2.52. The first-order chi connectivity index (χ1) is 46.4. The van der Waals surface area contributed by atoms with Gasteiger partial charge >= 0.3 is 12.1 Å². The quantitative estimate of drug-likeness (QED) is 0.0405. The predicted molar refractivity (Wildman–Crippen MR) is 340 cm³/mol. The Morgan fingerprint density at radius 3 is 1.41 bits per heavy atom. The molecule has 0 bridgehead atoms. The Labute approximate surface area is 551 Å². The molecule has 16 atom stereocenters. The third-order valence-corrected chi connectivity index (χ3v) is 16.6. The molecule has 7 aromatic carbocycles. The first-order valence-corrected chi connectivity index (χ1v) is 32.1. The second-order valence-electron chi connectivity index (χ2n) is 23.7. The molecule has 21 heteroatoms. The van der Waals surface area contributed by atoms with Gasteiger partial charge in [0.2, 0.25) is 5.91 Å². The lowest BCUT2D eigenvalue weighted by molar-refractivity contribution is -0.397. The van der Waals surface area contributed by atoms with Gasteiger partial charge in [0.1, 0.15) is 67.1 Å². The minimum absolute atomic E-state index is 0.00516. The summed E-state index contributed by atoms with van der Waals surface area (Å²) in [5.74, 6) is -2.47. The van der Waals surface area contributed by atoms with Gasteiger partial charge in [-0.1, -0.05) is 212 Å². The molecule has 0 radical (unpaired) electrons. The molecular formula is C74H81F3N2O16. The van der Waals surface area contributed by atoms with E-state index < -0.39 is 116 Å². The molecule has 7 aromatic rings. The summed E-state index contributed by atoms with van der Waals surface area (Å²) in [6, 6.07) is 66.1. The van der Waals surface area contributed by atoms with Crippen LogP contribution in [0.25, 0.3) is 0 Å². The van der Waals surface area contributed by atoms with Crippen molar-refractivity contribution < 1.29 is 89.1 Å². The monoisotopic (exact) mass is 1310 g/mol. The van der Waals surface area contributed by atoms with Gasteiger partial charge in [-0.2, -0.15) is 13.2 Å². The molecule has 4 fully saturated rings. The number of halogens is 3. The Kier molecular flexibility index (Phi) is 25.1. The van der Waals surface area contributed by atoms with Crippen molar-refractivity contribution in [3.63, 3.8) is 0 Å². The number of hydrogen-bond acceptors (Lipinski definition) is 16. The van der Waals surface area contributed by atoms with E-state index in [9.17, 15) is 22.8 Å².